The third-order valence-corrected chi connectivity index (χ3v) is 5.10. The number of hydrogen-bond acceptors (Lipinski definition) is 3. The van der Waals surface area contributed by atoms with E-state index >= 15 is 0 Å². The fourth-order valence-electron chi connectivity index (χ4n) is 2.68. The van der Waals surface area contributed by atoms with E-state index in [2.05, 4.69) is 50.0 Å². The van der Waals surface area contributed by atoms with E-state index in [1.165, 1.54) is 29.3 Å². The summed E-state index contributed by atoms with van der Waals surface area (Å²) < 4.78 is 0. The number of nitrogens with zero attached hydrogens (tertiary/aromatic N) is 1. The SMILES string of the molecule is CC(C)NCc1ccc(CN2CCC(C(C)C)C2)s1. The van der Waals surface area contributed by atoms with Gasteiger partial charge in [-0.2, -0.15) is 0 Å². The van der Waals surface area contributed by atoms with Crippen molar-refractivity contribution in [3.8, 4) is 0 Å². The topological polar surface area (TPSA) is 15.3 Å². The molecule has 1 aromatic heterocycles. The second-order valence-electron chi connectivity index (χ2n) is 6.43. The molecule has 2 nitrogen and oxygen atoms in total. The minimum Gasteiger partial charge on any atom is -0.310 e. The molecule has 1 aliphatic rings. The highest BCUT2D eigenvalue weighted by atomic mass is 32.1. The fraction of sp³-hybridized carbons (Fsp3) is 0.750. The van der Waals surface area contributed by atoms with Crippen molar-refractivity contribution in [1.82, 2.24) is 10.2 Å². The van der Waals surface area contributed by atoms with Crippen LogP contribution < -0.4 is 5.32 Å². The molecule has 1 atom stereocenters. The Kier molecular flexibility index (Phi) is 5.43. The normalized spacial score (nSPS) is 20.8. The van der Waals surface area contributed by atoms with Crippen LogP contribution in [0.15, 0.2) is 12.1 Å². The third kappa shape index (κ3) is 4.59. The Bertz CT molecular complexity index is 384. The first-order valence-electron chi connectivity index (χ1n) is 7.58. The van der Waals surface area contributed by atoms with E-state index in [0.29, 0.717) is 6.04 Å². The van der Waals surface area contributed by atoms with Crippen LogP contribution in [0.1, 0.15) is 43.9 Å². The van der Waals surface area contributed by atoms with E-state index in [1.54, 1.807) is 0 Å². The van der Waals surface area contributed by atoms with Gasteiger partial charge in [-0.15, -0.1) is 11.3 Å². The van der Waals surface area contributed by atoms with E-state index in [9.17, 15) is 0 Å². The molecule has 1 N–H and O–H groups in total. The molecule has 0 aliphatic carbocycles. The molecule has 0 saturated carbocycles. The van der Waals surface area contributed by atoms with Crippen molar-refractivity contribution in [3.05, 3.63) is 21.9 Å². The van der Waals surface area contributed by atoms with Gasteiger partial charge in [-0.1, -0.05) is 27.7 Å². The van der Waals surface area contributed by atoms with Crippen LogP contribution in [0.3, 0.4) is 0 Å². The minimum absolute atomic E-state index is 0.566. The average molecular weight is 280 g/mol. The van der Waals surface area contributed by atoms with Gasteiger partial charge in [0.25, 0.3) is 0 Å². The second kappa shape index (κ2) is 6.87. The van der Waals surface area contributed by atoms with Gasteiger partial charge in [0.15, 0.2) is 0 Å². The van der Waals surface area contributed by atoms with Crippen molar-refractivity contribution in [1.29, 1.82) is 0 Å². The molecule has 2 rings (SSSR count). The molecule has 1 aliphatic heterocycles. The molecule has 108 valence electrons. The number of nitrogens with one attached hydrogen (secondary N) is 1. The summed E-state index contributed by atoms with van der Waals surface area (Å²) >= 11 is 1.97. The maximum Gasteiger partial charge on any atom is 0.0328 e. The monoisotopic (exact) mass is 280 g/mol. The van der Waals surface area contributed by atoms with Crippen molar-refractivity contribution in [2.45, 2.75) is 53.2 Å². The van der Waals surface area contributed by atoms with E-state index in [-0.39, 0.29) is 0 Å². The predicted octanol–water partition coefficient (Wildman–Crippen LogP) is 3.72. The van der Waals surface area contributed by atoms with Gasteiger partial charge in [0, 0.05) is 35.4 Å². The molecule has 1 saturated heterocycles. The quantitative estimate of drug-likeness (QED) is 0.854. The van der Waals surface area contributed by atoms with Crippen LogP contribution in [-0.4, -0.2) is 24.0 Å². The van der Waals surface area contributed by atoms with E-state index < -0.39 is 0 Å². The van der Waals surface area contributed by atoms with Gasteiger partial charge in [-0.05, 0) is 36.9 Å². The van der Waals surface area contributed by atoms with Crippen molar-refractivity contribution >= 4 is 11.3 Å². The Morgan fingerprint density at radius 1 is 1.26 bits per heavy atom. The van der Waals surface area contributed by atoms with E-state index in [0.717, 1.165) is 24.9 Å². The highest BCUT2D eigenvalue weighted by molar-refractivity contribution is 7.11. The number of hydrogen-bond donors (Lipinski definition) is 1. The minimum atomic E-state index is 0.566. The van der Waals surface area contributed by atoms with Crippen LogP contribution in [0.4, 0.5) is 0 Å². The van der Waals surface area contributed by atoms with Gasteiger partial charge in [0.2, 0.25) is 0 Å². The Hall–Kier alpha value is -0.380. The fourth-order valence-corrected chi connectivity index (χ4v) is 3.69. The second-order valence-corrected chi connectivity index (χ2v) is 7.68. The van der Waals surface area contributed by atoms with Crippen LogP contribution in [-0.2, 0) is 13.1 Å². The molecule has 0 amide bonds. The molecule has 3 heteroatoms. The third-order valence-electron chi connectivity index (χ3n) is 4.03. The molecule has 1 fully saturated rings. The van der Waals surface area contributed by atoms with Crippen LogP contribution >= 0.6 is 11.3 Å². The van der Waals surface area contributed by atoms with Gasteiger partial charge in [0.1, 0.15) is 0 Å². The van der Waals surface area contributed by atoms with Gasteiger partial charge >= 0.3 is 0 Å². The van der Waals surface area contributed by atoms with E-state index in [1.807, 2.05) is 11.3 Å². The Labute approximate surface area is 122 Å². The summed E-state index contributed by atoms with van der Waals surface area (Å²) in [7, 11) is 0. The molecule has 1 aromatic rings. The summed E-state index contributed by atoms with van der Waals surface area (Å²) in [6, 6.07) is 5.16. The summed E-state index contributed by atoms with van der Waals surface area (Å²) in [5.74, 6) is 1.74. The van der Waals surface area contributed by atoms with Crippen LogP contribution in [0.5, 0.6) is 0 Å². The summed E-state index contributed by atoms with van der Waals surface area (Å²) in [6.45, 7) is 13.8. The molecule has 19 heavy (non-hydrogen) atoms. The van der Waals surface area contributed by atoms with Crippen molar-refractivity contribution in [3.63, 3.8) is 0 Å². The summed E-state index contributed by atoms with van der Waals surface area (Å²) in [5.41, 5.74) is 0. The number of rotatable bonds is 6. The molecule has 0 spiro atoms. The lowest BCUT2D eigenvalue weighted by atomic mass is 9.95. The molecule has 2 heterocycles. The van der Waals surface area contributed by atoms with Crippen LogP contribution in [0.2, 0.25) is 0 Å². The average Bonchev–Trinajstić information content (AvgIpc) is 2.96. The Balaban J connectivity index is 1.80. The van der Waals surface area contributed by atoms with Gasteiger partial charge in [0.05, 0.1) is 0 Å². The first-order chi connectivity index (χ1) is 9.04. The lowest BCUT2D eigenvalue weighted by molar-refractivity contribution is 0.299. The summed E-state index contributed by atoms with van der Waals surface area (Å²) in [6.07, 6.45) is 1.38. The highest BCUT2D eigenvalue weighted by Gasteiger charge is 2.24. The lowest BCUT2D eigenvalue weighted by Gasteiger charge is -2.16. The van der Waals surface area contributed by atoms with Gasteiger partial charge < -0.3 is 5.32 Å². The zero-order valence-corrected chi connectivity index (χ0v) is 13.6. The van der Waals surface area contributed by atoms with Crippen molar-refractivity contribution in [2.24, 2.45) is 11.8 Å². The standard InChI is InChI=1S/C16H28N2S/c1-12(2)14-7-8-18(10-14)11-16-6-5-15(19-16)9-17-13(3)4/h5-6,12-14,17H,7-11H2,1-4H3. The Morgan fingerprint density at radius 2 is 2.00 bits per heavy atom. The molecule has 0 aromatic carbocycles. The maximum atomic E-state index is 3.49. The van der Waals surface area contributed by atoms with Crippen molar-refractivity contribution in [2.75, 3.05) is 13.1 Å². The highest BCUT2D eigenvalue weighted by Crippen LogP contribution is 2.26. The molecular formula is C16H28N2S. The number of thiophene rings is 1. The van der Waals surface area contributed by atoms with Gasteiger partial charge in [-0.25, -0.2) is 0 Å². The van der Waals surface area contributed by atoms with Crippen LogP contribution in [0.25, 0.3) is 0 Å². The first-order valence-corrected chi connectivity index (χ1v) is 8.39. The smallest absolute Gasteiger partial charge is 0.0328 e. The molecular weight excluding hydrogens is 252 g/mol. The zero-order chi connectivity index (χ0) is 13.8. The summed E-state index contributed by atoms with van der Waals surface area (Å²) in [5, 5.41) is 3.49. The van der Waals surface area contributed by atoms with E-state index in [4.69, 9.17) is 0 Å². The first kappa shape index (κ1) is 15.0. The van der Waals surface area contributed by atoms with Crippen LogP contribution in [0, 0.1) is 11.8 Å². The lowest BCUT2D eigenvalue weighted by Crippen LogP contribution is -2.21. The maximum absolute atomic E-state index is 3.49. The van der Waals surface area contributed by atoms with Gasteiger partial charge in [-0.3, -0.25) is 4.90 Å². The predicted molar refractivity (Wildman–Crippen MR) is 84.5 cm³/mol. The number of likely N-dealkylation sites (tertiary alicyclic amines) is 1. The largest absolute Gasteiger partial charge is 0.310 e. The molecule has 0 bridgehead atoms. The Morgan fingerprint density at radius 3 is 2.63 bits per heavy atom. The molecule has 0 radical (unpaired) electrons. The van der Waals surface area contributed by atoms with Crippen molar-refractivity contribution < 1.29 is 0 Å². The zero-order valence-electron chi connectivity index (χ0n) is 12.8. The summed E-state index contributed by atoms with van der Waals surface area (Å²) in [4.78, 5) is 5.60. The molecule has 1 unspecified atom stereocenters.